The molecule has 0 fully saturated rings. The van der Waals surface area contributed by atoms with Crippen LogP contribution < -0.4 is 20.1 Å². The third kappa shape index (κ3) is 8.56. The zero-order valence-corrected chi connectivity index (χ0v) is 22.5. The fourth-order valence-corrected chi connectivity index (χ4v) is 4.31. The molecule has 0 atom stereocenters. The minimum absolute atomic E-state index is 0.247. The Hall–Kier alpha value is -3.47. The maximum absolute atomic E-state index is 12.8. The summed E-state index contributed by atoms with van der Waals surface area (Å²) in [5, 5.41) is 6.30. The number of hydrogen-bond donors (Lipinski definition) is 2. The molecule has 3 rings (SSSR count). The van der Waals surface area contributed by atoms with Gasteiger partial charge in [0.1, 0.15) is 0 Å². The largest absolute Gasteiger partial charge is 0.493 e. The van der Waals surface area contributed by atoms with Crippen LogP contribution in [0.1, 0.15) is 38.1 Å². The number of ether oxygens (including phenoxy) is 3. The van der Waals surface area contributed by atoms with E-state index >= 15 is 0 Å². The minimum atomic E-state index is -0.255. The standard InChI is InChI=1S/C27H34N4O5S/c1-5-36-14-13-31(2)12-11-22-18-29-27(37-22)30-26(33)20-8-6-7-19(15-20)17-28-25(32)21-9-10-23(34-3)24(16-21)35-4/h6-10,15-16,18H,5,11-14,17H2,1-4H3,(H,28,32)(H,29,30,33). The van der Waals surface area contributed by atoms with Gasteiger partial charge in [0.05, 0.1) is 20.8 Å². The van der Waals surface area contributed by atoms with Crippen LogP contribution in [0.4, 0.5) is 5.13 Å². The van der Waals surface area contributed by atoms with Gasteiger partial charge in [-0.05, 0) is 56.3 Å². The molecule has 0 bridgehead atoms. The van der Waals surface area contributed by atoms with Crippen molar-refractivity contribution in [1.82, 2.24) is 15.2 Å². The van der Waals surface area contributed by atoms with Crippen LogP contribution in [-0.2, 0) is 17.7 Å². The van der Waals surface area contributed by atoms with Crippen LogP contribution in [0.5, 0.6) is 11.5 Å². The Morgan fingerprint density at radius 2 is 1.78 bits per heavy atom. The monoisotopic (exact) mass is 526 g/mol. The van der Waals surface area contributed by atoms with E-state index in [1.54, 1.807) is 49.7 Å². The molecule has 0 saturated carbocycles. The summed E-state index contributed by atoms with van der Waals surface area (Å²) < 4.78 is 15.9. The van der Waals surface area contributed by atoms with Gasteiger partial charge in [0, 0.05) is 48.4 Å². The first-order valence-corrected chi connectivity index (χ1v) is 12.9. The molecule has 3 aromatic rings. The zero-order chi connectivity index (χ0) is 26.6. The Kier molecular flexibility index (Phi) is 10.9. The molecular formula is C27H34N4O5S. The molecule has 1 aromatic heterocycles. The number of aromatic nitrogens is 1. The van der Waals surface area contributed by atoms with Gasteiger partial charge in [-0.25, -0.2) is 4.98 Å². The molecule has 9 nitrogen and oxygen atoms in total. The molecular weight excluding hydrogens is 492 g/mol. The quantitative estimate of drug-likeness (QED) is 0.308. The Labute approximate surface area is 221 Å². The SMILES string of the molecule is CCOCCN(C)CCc1cnc(NC(=O)c2cccc(CNC(=O)c3ccc(OC)c(OC)c3)c2)s1. The minimum Gasteiger partial charge on any atom is -0.493 e. The number of nitrogens with zero attached hydrogens (tertiary/aromatic N) is 2. The Balaban J connectivity index is 1.52. The first-order chi connectivity index (χ1) is 17.9. The molecule has 2 N–H and O–H groups in total. The van der Waals surface area contributed by atoms with Gasteiger partial charge in [0.25, 0.3) is 11.8 Å². The molecule has 0 saturated heterocycles. The molecule has 0 aliphatic carbocycles. The molecule has 1 heterocycles. The van der Waals surface area contributed by atoms with Crippen LogP contribution in [0, 0.1) is 0 Å². The highest BCUT2D eigenvalue weighted by atomic mass is 32.1. The second-order valence-electron chi connectivity index (χ2n) is 8.29. The van der Waals surface area contributed by atoms with E-state index in [9.17, 15) is 9.59 Å². The van der Waals surface area contributed by atoms with E-state index in [2.05, 4.69) is 27.6 Å². The normalized spacial score (nSPS) is 10.8. The van der Waals surface area contributed by atoms with Gasteiger partial charge >= 0.3 is 0 Å². The number of carbonyl (C=O) groups is 2. The number of benzene rings is 2. The number of nitrogens with one attached hydrogen (secondary N) is 2. The van der Waals surface area contributed by atoms with Gasteiger partial charge in [-0.3, -0.25) is 14.9 Å². The fraction of sp³-hybridized carbons (Fsp3) is 0.370. The molecule has 0 unspecified atom stereocenters. The molecule has 0 radical (unpaired) electrons. The van der Waals surface area contributed by atoms with Crippen molar-refractivity contribution in [2.75, 3.05) is 52.9 Å². The number of thiazole rings is 1. The lowest BCUT2D eigenvalue weighted by molar-refractivity contribution is 0.0950. The van der Waals surface area contributed by atoms with Crippen LogP contribution in [0.25, 0.3) is 0 Å². The van der Waals surface area contributed by atoms with E-state index in [0.717, 1.165) is 43.2 Å². The summed E-state index contributed by atoms with van der Waals surface area (Å²) in [6.45, 7) is 5.47. The highest BCUT2D eigenvalue weighted by molar-refractivity contribution is 7.15. The van der Waals surface area contributed by atoms with E-state index in [1.807, 2.05) is 13.0 Å². The number of methoxy groups -OCH3 is 2. The van der Waals surface area contributed by atoms with E-state index < -0.39 is 0 Å². The maximum Gasteiger partial charge on any atom is 0.257 e. The summed E-state index contributed by atoms with van der Waals surface area (Å²) in [5.74, 6) is 0.528. The molecule has 198 valence electrons. The number of carbonyl (C=O) groups excluding carboxylic acids is 2. The van der Waals surface area contributed by atoms with E-state index in [1.165, 1.54) is 18.4 Å². The molecule has 0 spiro atoms. The summed E-state index contributed by atoms with van der Waals surface area (Å²) in [4.78, 5) is 33.1. The van der Waals surface area contributed by atoms with Crippen molar-refractivity contribution in [3.8, 4) is 11.5 Å². The third-order valence-corrected chi connectivity index (χ3v) is 6.60. The van der Waals surface area contributed by atoms with Crippen molar-refractivity contribution in [1.29, 1.82) is 0 Å². The van der Waals surface area contributed by atoms with Crippen LogP contribution in [-0.4, -0.2) is 69.3 Å². The lowest BCUT2D eigenvalue weighted by atomic mass is 10.1. The number of hydrogen-bond acceptors (Lipinski definition) is 8. The van der Waals surface area contributed by atoms with Crippen LogP contribution >= 0.6 is 11.3 Å². The molecule has 0 aliphatic heterocycles. The summed E-state index contributed by atoms with van der Waals surface area (Å²) in [5.41, 5.74) is 1.74. The Morgan fingerprint density at radius 3 is 2.54 bits per heavy atom. The van der Waals surface area contributed by atoms with Crippen molar-refractivity contribution < 1.29 is 23.8 Å². The highest BCUT2D eigenvalue weighted by Crippen LogP contribution is 2.27. The van der Waals surface area contributed by atoms with Gasteiger partial charge in [0.15, 0.2) is 16.6 Å². The van der Waals surface area contributed by atoms with E-state index in [4.69, 9.17) is 14.2 Å². The summed E-state index contributed by atoms with van der Waals surface area (Å²) in [7, 11) is 5.12. The second kappa shape index (κ2) is 14.3. The zero-order valence-electron chi connectivity index (χ0n) is 21.7. The molecule has 0 aliphatic rings. The van der Waals surface area contributed by atoms with E-state index in [0.29, 0.717) is 27.8 Å². The van der Waals surface area contributed by atoms with Crippen molar-refractivity contribution in [2.45, 2.75) is 19.9 Å². The smallest absolute Gasteiger partial charge is 0.257 e. The number of likely N-dealkylation sites (N-methyl/N-ethyl adjacent to an activating group) is 1. The predicted octanol–water partition coefficient (Wildman–Crippen LogP) is 3.85. The topological polar surface area (TPSA) is 102 Å². The van der Waals surface area contributed by atoms with Crippen LogP contribution in [0.15, 0.2) is 48.7 Å². The summed E-state index contributed by atoms with van der Waals surface area (Å²) in [6, 6.07) is 12.1. The number of rotatable bonds is 14. The first kappa shape index (κ1) is 28.1. The number of anilines is 1. The lowest BCUT2D eigenvalue weighted by Crippen LogP contribution is -2.25. The molecule has 10 heteroatoms. The van der Waals surface area contributed by atoms with Gasteiger partial charge in [0.2, 0.25) is 0 Å². The molecule has 2 aromatic carbocycles. The van der Waals surface area contributed by atoms with Gasteiger partial charge in [-0.15, -0.1) is 11.3 Å². The average Bonchev–Trinajstić information content (AvgIpc) is 3.37. The average molecular weight is 527 g/mol. The third-order valence-electron chi connectivity index (χ3n) is 5.62. The lowest BCUT2D eigenvalue weighted by Gasteiger charge is -2.15. The van der Waals surface area contributed by atoms with E-state index in [-0.39, 0.29) is 18.4 Å². The highest BCUT2D eigenvalue weighted by Gasteiger charge is 2.13. The van der Waals surface area contributed by atoms with Crippen molar-refractivity contribution in [2.24, 2.45) is 0 Å². The number of amides is 2. The van der Waals surface area contributed by atoms with Gasteiger partial charge in [-0.2, -0.15) is 0 Å². The summed E-state index contributed by atoms with van der Waals surface area (Å²) >= 11 is 1.47. The van der Waals surface area contributed by atoms with Gasteiger partial charge < -0.3 is 24.4 Å². The van der Waals surface area contributed by atoms with Crippen molar-refractivity contribution >= 4 is 28.3 Å². The van der Waals surface area contributed by atoms with Crippen molar-refractivity contribution in [3.05, 3.63) is 70.2 Å². The maximum atomic E-state index is 12.8. The first-order valence-electron chi connectivity index (χ1n) is 12.0. The van der Waals surface area contributed by atoms with Crippen molar-refractivity contribution in [3.63, 3.8) is 0 Å². The molecule has 37 heavy (non-hydrogen) atoms. The Morgan fingerprint density at radius 1 is 1.00 bits per heavy atom. The van der Waals surface area contributed by atoms with Crippen LogP contribution in [0.2, 0.25) is 0 Å². The second-order valence-corrected chi connectivity index (χ2v) is 9.40. The predicted molar refractivity (Wildman–Crippen MR) is 145 cm³/mol. The molecule has 2 amide bonds. The van der Waals surface area contributed by atoms with Gasteiger partial charge in [-0.1, -0.05) is 12.1 Å². The summed E-state index contributed by atoms with van der Waals surface area (Å²) in [6.07, 6.45) is 2.65. The van der Waals surface area contributed by atoms with Crippen LogP contribution in [0.3, 0.4) is 0 Å². The fourth-order valence-electron chi connectivity index (χ4n) is 3.51. The Bertz CT molecular complexity index is 1180.